The molecule has 34 heavy (non-hydrogen) atoms. The van der Waals surface area contributed by atoms with Crippen molar-refractivity contribution >= 4 is 17.6 Å². The molecule has 2 saturated heterocycles. The minimum absolute atomic E-state index is 0. The van der Waals surface area contributed by atoms with E-state index in [1.807, 2.05) is 31.2 Å². The van der Waals surface area contributed by atoms with Gasteiger partial charge < -0.3 is 18.9 Å². The second-order valence-corrected chi connectivity index (χ2v) is 8.74. The Hall–Kier alpha value is -0.678. The molecule has 6 nitrogen and oxygen atoms in total. The summed E-state index contributed by atoms with van der Waals surface area (Å²) < 4.78 is 22.6. The summed E-state index contributed by atoms with van der Waals surface area (Å²) in [5.41, 5.74) is 3.19. The molecule has 0 amide bonds. The van der Waals surface area contributed by atoms with Crippen molar-refractivity contribution in [2.75, 3.05) is 32.9 Å². The first kappa shape index (κ1) is 27.9. The molecular weight excluding hydrogens is 669 g/mol. The molecular formula is C26H31AcClNO5-. The predicted octanol–water partition coefficient (Wildman–Crippen LogP) is 5.11. The van der Waals surface area contributed by atoms with Gasteiger partial charge in [-0.25, -0.2) is 6.61 Å². The van der Waals surface area contributed by atoms with Gasteiger partial charge in [0.2, 0.25) is 0 Å². The molecule has 2 aromatic rings. The van der Waals surface area contributed by atoms with E-state index in [9.17, 15) is 4.79 Å². The smallest absolute Gasteiger partial charge is 0.302 e. The maximum atomic E-state index is 11.4. The third-order valence-electron chi connectivity index (χ3n) is 6.03. The van der Waals surface area contributed by atoms with Crippen LogP contribution in [-0.2, 0) is 19.0 Å². The van der Waals surface area contributed by atoms with Crippen LogP contribution in [0.3, 0.4) is 0 Å². The van der Waals surface area contributed by atoms with E-state index in [2.05, 4.69) is 23.1 Å². The van der Waals surface area contributed by atoms with Crippen molar-refractivity contribution in [1.29, 1.82) is 0 Å². The zero-order chi connectivity index (χ0) is 23.2. The quantitative estimate of drug-likeness (QED) is 0.296. The summed E-state index contributed by atoms with van der Waals surface area (Å²) in [6, 6.07) is 14.3. The Kier molecular flexibility index (Phi) is 11.1. The Balaban J connectivity index is 0.00000324. The number of esters is 1. The fourth-order valence-corrected chi connectivity index (χ4v) is 4.74. The SMILES string of the molecule is CCOc1ccc(C(c2cc(C3CC(OC(C)=O)C[CH-]O3)ccc2Cl)N2CCOCC2)cc1.[Ac]. The van der Waals surface area contributed by atoms with Crippen LogP contribution >= 0.6 is 11.6 Å². The standard InChI is InChI=1S/C26H31ClNO5.Ac/c1-3-31-21-7-4-19(5-8-21)26(28-11-14-30-15-12-28)23-16-20(6-9-24(23)27)25-17-22(10-13-32-25)33-18(2)29;/h4-9,13,16,22,25-26H,3,10-12,14-15,17H2,1-2H3;/q-1;. The molecule has 0 aliphatic carbocycles. The number of carbonyl (C=O) groups excluding carboxylic acids is 1. The van der Waals surface area contributed by atoms with Crippen LogP contribution in [0.25, 0.3) is 0 Å². The van der Waals surface area contributed by atoms with E-state index in [-0.39, 0.29) is 68.3 Å². The van der Waals surface area contributed by atoms with Crippen molar-refractivity contribution in [2.45, 2.75) is 44.9 Å². The molecule has 4 rings (SSSR count). The fourth-order valence-electron chi connectivity index (χ4n) is 4.52. The molecule has 0 aromatic heterocycles. The van der Waals surface area contributed by atoms with Gasteiger partial charge in [-0.3, -0.25) is 9.69 Å². The minimum Gasteiger partial charge on any atom is -0.546 e. The third kappa shape index (κ3) is 7.18. The second kappa shape index (κ2) is 13.6. The molecule has 0 saturated carbocycles. The van der Waals surface area contributed by atoms with Gasteiger partial charge in [-0.2, -0.15) is 0 Å². The Morgan fingerprint density at radius 2 is 1.94 bits per heavy atom. The molecule has 2 heterocycles. The number of benzene rings is 2. The molecule has 2 aliphatic heterocycles. The summed E-state index contributed by atoms with van der Waals surface area (Å²) in [4.78, 5) is 13.8. The van der Waals surface area contributed by atoms with Gasteiger partial charge >= 0.3 is 5.97 Å². The molecule has 0 bridgehead atoms. The molecule has 2 aliphatic rings. The van der Waals surface area contributed by atoms with Crippen LogP contribution in [0.2, 0.25) is 5.02 Å². The van der Waals surface area contributed by atoms with Crippen molar-refractivity contribution in [3.63, 3.8) is 0 Å². The first-order chi connectivity index (χ1) is 16.0. The Bertz CT molecular complexity index is 935. The van der Waals surface area contributed by atoms with E-state index in [4.69, 9.17) is 30.5 Å². The summed E-state index contributed by atoms with van der Waals surface area (Å²) in [6.45, 7) is 8.81. The van der Waals surface area contributed by atoms with E-state index in [0.717, 1.165) is 35.5 Å². The van der Waals surface area contributed by atoms with Crippen LogP contribution in [0.1, 0.15) is 55.5 Å². The van der Waals surface area contributed by atoms with Crippen molar-refractivity contribution in [3.05, 3.63) is 70.8 Å². The second-order valence-electron chi connectivity index (χ2n) is 8.33. The number of rotatable bonds is 7. The first-order valence-corrected chi connectivity index (χ1v) is 11.9. The molecule has 3 unspecified atom stereocenters. The monoisotopic (exact) mass is 699 g/mol. The van der Waals surface area contributed by atoms with E-state index in [1.54, 1.807) is 6.61 Å². The van der Waals surface area contributed by atoms with Crippen molar-refractivity contribution in [2.24, 2.45) is 0 Å². The number of nitrogens with zero attached hydrogens (tertiary/aromatic N) is 1. The molecule has 181 valence electrons. The average molecular weight is 700 g/mol. The minimum atomic E-state index is -0.270. The number of ether oxygens (including phenoxy) is 4. The van der Waals surface area contributed by atoms with Gasteiger partial charge in [0.05, 0.1) is 38.1 Å². The number of halogens is 1. The van der Waals surface area contributed by atoms with Crippen molar-refractivity contribution < 1.29 is 67.8 Å². The molecule has 2 aromatic carbocycles. The largest absolute Gasteiger partial charge is 0.546 e. The molecule has 8 heteroatoms. The van der Waals surface area contributed by atoms with E-state index in [1.165, 1.54) is 6.92 Å². The maximum absolute atomic E-state index is 11.4. The summed E-state index contributed by atoms with van der Waals surface area (Å²) >= 11 is 6.78. The van der Waals surface area contributed by atoms with Gasteiger partial charge in [-0.05, 0) is 47.9 Å². The number of hydrogen-bond donors (Lipinski definition) is 0. The zero-order valence-corrected chi connectivity index (χ0v) is 25.2. The van der Waals surface area contributed by atoms with E-state index in [0.29, 0.717) is 37.7 Å². The number of hydrogen-bond acceptors (Lipinski definition) is 6. The van der Waals surface area contributed by atoms with Crippen LogP contribution in [0.4, 0.5) is 0 Å². The average Bonchev–Trinajstić information content (AvgIpc) is 2.82. The van der Waals surface area contributed by atoms with E-state index < -0.39 is 0 Å². The van der Waals surface area contributed by atoms with Crippen molar-refractivity contribution in [1.82, 2.24) is 4.90 Å². The van der Waals surface area contributed by atoms with Gasteiger partial charge in [0, 0.05) is 75.5 Å². The molecule has 1 radical (unpaired) electrons. The van der Waals surface area contributed by atoms with Gasteiger partial charge in [0.1, 0.15) is 5.75 Å². The first-order valence-electron chi connectivity index (χ1n) is 11.5. The topological polar surface area (TPSA) is 57.2 Å². The van der Waals surface area contributed by atoms with E-state index >= 15 is 0 Å². The third-order valence-corrected chi connectivity index (χ3v) is 6.38. The maximum Gasteiger partial charge on any atom is 0.302 e. The van der Waals surface area contributed by atoms with Crippen LogP contribution in [-0.4, -0.2) is 49.9 Å². The Morgan fingerprint density at radius 1 is 1.21 bits per heavy atom. The summed E-state index contributed by atoms with van der Waals surface area (Å²) in [6.07, 6.45) is 0.841. The van der Waals surface area contributed by atoms with Crippen molar-refractivity contribution in [3.8, 4) is 5.75 Å². The predicted molar refractivity (Wildman–Crippen MR) is 126 cm³/mol. The summed E-state index contributed by atoms with van der Waals surface area (Å²) in [7, 11) is 0. The normalized spacial score (nSPS) is 21.9. The van der Waals surface area contributed by atoms with Crippen LogP contribution in [0.15, 0.2) is 42.5 Å². The van der Waals surface area contributed by atoms with Crippen LogP contribution in [0.5, 0.6) is 5.75 Å². The number of carbonyl (C=O) groups is 1. The van der Waals surface area contributed by atoms with Crippen LogP contribution in [0, 0.1) is 50.7 Å². The Labute approximate surface area is 242 Å². The molecule has 0 spiro atoms. The van der Waals surface area contributed by atoms with Gasteiger partial charge in [0.25, 0.3) is 0 Å². The Morgan fingerprint density at radius 3 is 2.62 bits per heavy atom. The summed E-state index contributed by atoms with van der Waals surface area (Å²) in [5.74, 6) is 0.582. The van der Waals surface area contributed by atoms with Crippen LogP contribution < -0.4 is 4.74 Å². The van der Waals surface area contributed by atoms with Gasteiger partial charge in [0.15, 0.2) is 0 Å². The molecule has 3 atom stereocenters. The number of morpholine rings is 1. The van der Waals surface area contributed by atoms with Gasteiger partial charge in [-0.15, -0.1) is 6.42 Å². The molecule has 2 fully saturated rings. The fraction of sp³-hybridized carbons (Fsp3) is 0.462. The summed E-state index contributed by atoms with van der Waals surface area (Å²) in [5, 5.41) is 0.709. The molecule has 0 N–H and O–H groups in total. The van der Waals surface area contributed by atoms with Gasteiger partial charge in [-0.1, -0.05) is 29.8 Å². The zero-order valence-electron chi connectivity index (χ0n) is 19.7.